The molecule has 1 aromatic heterocycles. The molecule has 1 aliphatic rings. The average Bonchev–Trinajstić information content (AvgIpc) is 2.98. The van der Waals surface area contributed by atoms with E-state index in [1.165, 1.54) is 5.56 Å². The number of rotatable bonds is 3. The predicted molar refractivity (Wildman–Crippen MR) is 71.4 cm³/mol. The minimum atomic E-state index is 0.0141. The van der Waals surface area contributed by atoms with E-state index in [9.17, 15) is 0 Å². The number of likely N-dealkylation sites (N-methyl/N-ethyl adjacent to an activating group) is 1. The van der Waals surface area contributed by atoms with Crippen molar-refractivity contribution in [3.8, 4) is 0 Å². The van der Waals surface area contributed by atoms with Gasteiger partial charge in [0.15, 0.2) is 0 Å². The van der Waals surface area contributed by atoms with Gasteiger partial charge in [-0.2, -0.15) is 0 Å². The number of benzene rings is 1. The molecule has 3 heteroatoms. The summed E-state index contributed by atoms with van der Waals surface area (Å²) in [5.41, 5.74) is 2.17. The lowest BCUT2D eigenvalue weighted by molar-refractivity contribution is 0.211. The minimum absolute atomic E-state index is 0.0141. The van der Waals surface area contributed by atoms with E-state index in [1.54, 1.807) is 0 Å². The Balaban J connectivity index is 2.01. The largest absolute Gasteiger partial charge is 0.496 e. The Labute approximate surface area is 106 Å². The van der Waals surface area contributed by atoms with Crippen LogP contribution < -0.4 is 5.32 Å². The van der Waals surface area contributed by atoms with Crippen LogP contribution in [0.3, 0.4) is 0 Å². The summed E-state index contributed by atoms with van der Waals surface area (Å²) in [7, 11) is 1.92. The topological polar surface area (TPSA) is 34.4 Å². The minimum Gasteiger partial charge on any atom is -0.496 e. The molecule has 2 heterocycles. The molecule has 1 atom stereocenters. The van der Waals surface area contributed by atoms with Crippen molar-refractivity contribution in [3.63, 3.8) is 0 Å². The molecule has 0 spiro atoms. The Hall–Kier alpha value is -1.74. The lowest BCUT2D eigenvalue weighted by atomic mass is 10.1. The van der Waals surface area contributed by atoms with Gasteiger partial charge in [-0.1, -0.05) is 11.6 Å². The molecule has 0 saturated heterocycles. The van der Waals surface area contributed by atoms with Gasteiger partial charge >= 0.3 is 0 Å². The SMILES string of the molecule is CNC(C1=CCCO1)c1cc2cc(C)ccc2o1. The third-order valence-corrected chi connectivity index (χ3v) is 3.28. The van der Waals surface area contributed by atoms with Crippen molar-refractivity contribution in [1.29, 1.82) is 0 Å². The van der Waals surface area contributed by atoms with Crippen LogP contribution in [-0.4, -0.2) is 13.7 Å². The van der Waals surface area contributed by atoms with Crippen molar-refractivity contribution in [2.75, 3.05) is 13.7 Å². The molecule has 3 nitrogen and oxygen atoms in total. The van der Waals surface area contributed by atoms with Gasteiger partial charge in [0.05, 0.1) is 6.61 Å². The van der Waals surface area contributed by atoms with Gasteiger partial charge in [0.2, 0.25) is 0 Å². The van der Waals surface area contributed by atoms with Crippen LogP contribution in [0.4, 0.5) is 0 Å². The van der Waals surface area contributed by atoms with Crippen LogP contribution in [0.1, 0.15) is 23.8 Å². The molecular weight excluding hydrogens is 226 g/mol. The lowest BCUT2D eigenvalue weighted by Gasteiger charge is -2.14. The maximum absolute atomic E-state index is 5.91. The maximum atomic E-state index is 5.91. The summed E-state index contributed by atoms with van der Waals surface area (Å²) < 4.78 is 11.5. The van der Waals surface area contributed by atoms with E-state index in [4.69, 9.17) is 9.15 Å². The van der Waals surface area contributed by atoms with Crippen molar-refractivity contribution in [2.45, 2.75) is 19.4 Å². The van der Waals surface area contributed by atoms with Crippen LogP contribution in [0.2, 0.25) is 0 Å². The fraction of sp³-hybridized carbons (Fsp3) is 0.333. The molecule has 0 saturated carbocycles. The predicted octanol–water partition coefficient (Wildman–Crippen LogP) is 3.31. The Morgan fingerprint density at radius 1 is 1.28 bits per heavy atom. The molecule has 3 rings (SSSR count). The monoisotopic (exact) mass is 243 g/mol. The first kappa shape index (κ1) is 11.4. The van der Waals surface area contributed by atoms with Crippen LogP contribution in [0.15, 0.2) is 40.5 Å². The van der Waals surface area contributed by atoms with Crippen molar-refractivity contribution in [3.05, 3.63) is 47.4 Å². The molecule has 2 aromatic rings. The summed E-state index contributed by atoms with van der Waals surface area (Å²) >= 11 is 0. The van der Waals surface area contributed by atoms with Crippen molar-refractivity contribution >= 4 is 11.0 Å². The van der Waals surface area contributed by atoms with E-state index in [2.05, 4.69) is 36.5 Å². The summed E-state index contributed by atoms with van der Waals surface area (Å²) in [4.78, 5) is 0. The molecule has 18 heavy (non-hydrogen) atoms. The summed E-state index contributed by atoms with van der Waals surface area (Å²) in [5.74, 6) is 1.87. The summed E-state index contributed by atoms with van der Waals surface area (Å²) in [6.07, 6.45) is 3.10. The van der Waals surface area contributed by atoms with E-state index in [1.807, 2.05) is 13.1 Å². The van der Waals surface area contributed by atoms with Gasteiger partial charge in [0, 0.05) is 11.8 Å². The van der Waals surface area contributed by atoms with E-state index in [0.29, 0.717) is 0 Å². The van der Waals surface area contributed by atoms with Crippen LogP contribution in [0.5, 0.6) is 0 Å². The molecule has 1 aliphatic heterocycles. The fourth-order valence-corrected chi connectivity index (χ4v) is 2.39. The second kappa shape index (κ2) is 4.50. The molecule has 94 valence electrons. The molecule has 0 fully saturated rings. The van der Waals surface area contributed by atoms with Gasteiger partial charge in [-0.25, -0.2) is 0 Å². The van der Waals surface area contributed by atoms with E-state index < -0.39 is 0 Å². The summed E-state index contributed by atoms with van der Waals surface area (Å²) in [6, 6.07) is 8.32. The lowest BCUT2D eigenvalue weighted by Crippen LogP contribution is -2.18. The average molecular weight is 243 g/mol. The molecule has 0 radical (unpaired) electrons. The molecule has 0 bridgehead atoms. The Morgan fingerprint density at radius 3 is 2.89 bits per heavy atom. The van der Waals surface area contributed by atoms with Crippen molar-refractivity contribution in [2.24, 2.45) is 0 Å². The number of hydrogen-bond donors (Lipinski definition) is 1. The number of hydrogen-bond acceptors (Lipinski definition) is 3. The standard InChI is InChI=1S/C15H17NO2/c1-10-5-6-12-11(8-10)9-14(18-12)15(16-2)13-4-3-7-17-13/h4-6,8-9,15-16H,3,7H2,1-2H3. The van der Waals surface area contributed by atoms with Gasteiger partial charge in [-0.05, 0) is 38.2 Å². The van der Waals surface area contributed by atoms with Gasteiger partial charge in [0.1, 0.15) is 23.1 Å². The smallest absolute Gasteiger partial charge is 0.134 e. The zero-order valence-corrected chi connectivity index (χ0v) is 10.7. The molecular formula is C15H17NO2. The van der Waals surface area contributed by atoms with Crippen molar-refractivity contribution < 1.29 is 9.15 Å². The fourth-order valence-electron chi connectivity index (χ4n) is 2.39. The van der Waals surface area contributed by atoms with Gasteiger partial charge in [-0.15, -0.1) is 0 Å². The molecule has 0 amide bonds. The quantitative estimate of drug-likeness (QED) is 0.898. The Morgan fingerprint density at radius 2 is 2.17 bits per heavy atom. The third-order valence-electron chi connectivity index (χ3n) is 3.28. The van der Waals surface area contributed by atoms with E-state index in [-0.39, 0.29) is 6.04 Å². The van der Waals surface area contributed by atoms with Gasteiger partial charge in [0.25, 0.3) is 0 Å². The zero-order valence-electron chi connectivity index (χ0n) is 10.7. The first-order valence-corrected chi connectivity index (χ1v) is 6.28. The number of nitrogens with one attached hydrogen (secondary N) is 1. The number of furan rings is 1. The maximum Gasteiger partial charge on any atom is 0.134 e. The second-order valence-corrected chi connectivity index (χ2v) is 4.66. The molecule has 1 unspecified atom stereocenters. The number of aryl methyl sites for hydroxylation is 1. The van der Waals surface area contributed by atoms with Crippen LogP contribution >= 0.6 is 0 Å². The highest BCUT2D eigenvalue weighted by molar-refractivity contribution is 5.78. The first-order valence-electron chi connectivity index (χ1n) is 6.28. The van der Waals surface area contributed by atoms with Crippen LogP contribution in [-0.2, 0) is 4.74 Å². The normalized spacial score (nSPS) is 16.7. The van der Waals surface area contributed by atoms with Crippen LogP contribution in [0, 0.1) is 6.92 Å². The highest BCUT2D eigenvalue weighted by Gasteiger charge is 2.22. The number of fused-ring (bicyclic) bond motifs is 1. The highest BCUT2D eigenvalue weighted by atomic mass is 16.5. The number of ether oxygens (including phenoxy) is 1. The molecule has 1 N–H and O–H groups in total. The Kier molecular flexibility index (Phi) is 2.84. The second-order valence-electron chi connectivity index (χ2n) is 4.66. The summed E-state index contributed by atoms with van der Waals surface area (Å²) in [6.45, 7) is 2.86. The van der Waals surface area contributed by atoms with E-state index >= 15 is 0 Å². The molecule has 1 aromatic carbocycles. The first-order chi connectivity index (χ1) is 8.78. The highest BCUT2D eigenvalue weighted by Crippen LogP contribution is 2.30. The van der Waals surface area contributed by atoms with E-state index in [0.717, 1.165) is 35.5 Å². The Bertz CT molecular complexity index is 598. The third kappa shape index (κ3) is 1.91. The van der Waals surface area contributed by atoms with Gasteiger partial charge < -0.3 is 14.5 Å². The zero-order chi connectivity index (χ0) is 12.5. The van der Waals surface area contributed by atoms with Gasteiger partial charge in [-0.3, -0.25) is 0 Å². The molecule has 0 aliphatic carbocycles. The van der Waals surface area contributed by atoms with Crippen molar-refractivity contribution in [1.82, 2.24) is 5.32 Å². The summed E-state index contributed by atoms with van der Waals surface area (Å²) in [5, 5.41) is 4.39. The van der Waals surface area contributed by atoms with Crippen LogP contribution in [0.25, 0.3) is 11.0 Å².